The number of aromatic nitrogens is 3. The van der Waals surface area contributed by atoms with Crippen molar-refractivity contribution in [2.45, 2.75) is 16.8 Å². The number of fused-ring (bicyclic) bond motifs is 2. The molecule has 4 aromatic rings. The molecule has 1 aliphatic rings. The molecule has 2 heterocycles. The van der Waals surface area contributed by atoms with E-state index in [2.05, 4.69) is 10.1 Å². The molecule has 132 valence electrons. The molecule has 0 saturated carbocycles. The van der Waals surface area contributed by atoms with Crippen LogP contribution < -0.4 is 0 Å². The number of nitrogens with zero attached hydrogens (tertiary/aromatic N) is 3. The molecule has 1 atom stereocenters. The van der Waals surface area contributed by atoms with E-state index in [0.717, 1.165) is 21.9 Å². The summed E-state index contributed by atoms with van der Waals surface area (Å²) in [5, 5.41) is 7.11. The van der Waals surface area contributed by atoms with Crippen LogP contribution in [0.25, 0.3) is 22.2 Å². The number of thioether (sulfide) groups is 1. The van der Waals surface area contributed by atoms with Crippen LogP contribution in [0.5, 0.6) is 0 Å². The van der Waals surface area contributed by atoms with Gasteiger partial charge in [0.15, 0.2) is 11.0 Å². The fourth-order valence-electron chi connectivity index (χ4n) is 3.35. The summed E-state index contributed by atoms with van der Waals surface area (Å²) in [6.45, 7) is 0. The first-order valence-electron chi connectivity index (χ1n) is 8.59. The van der Waals surface area contributed by atoms with Gasteiger partial charge >= 0.3 is 0 Å². The molecule has 3 aromatic carbocycles. The minimum Gasteiger partial charge on any atom is -0.272 e. The minimum atomic E-state index is -0.285. The average molecular weight is 375 g/mol. The molecule has 0 amide bonds. The summed E-state index contributed by atoms with van der Waals surface area (Å²) in [5.74, 6) is 0.159. The lowest BCUT2D eigenvalue weighted by Gasteiger charge is -2.20. The van der Waals surface area contributed by atoms with Crippen LogP contribution in [-0.2, 0) is 0 Å². The molecule has 1 aliphatic heterocycles. The Bertz CT molecular complexity index is 1160. The average Bonchev–Trinajstić information content (AvgIpc) is 3.13. The standard InChI is InChI=1S/C21H14FN3OS/c22-15-10-8-14(9-11-15)18-12-19(26)25-21(27-18)23-20(24-25)17-7-3-5-13-4-1-2-6-16(13)17/h1-11,18H,12H2/t18-/m0/s1. The van der Waals surface area contributed by atoms with Gasteiger partial charge in [0, 0.05) is 17.2 Å². The Kier molecular flexibility index (Phi) is 3.79. The summed E-state index contributed by atoms with van der Waals surface area (Å²) in [4.78, 5) is 17.3. The molecule has 6 heteroatoms. The van der Waals surface area contributed by atoms with Crippen LogP contribution in [-0.4, -0.2) is 20.7 Å². The lowest BCUT2D eigenvalue weighted by Crippen LogP contribution is -2.20. The van der Waals surface area contributed by atoms with Crippen molar-refractivity contribution in [2.75, 3.05) is 0 Å². The van der Waals surface area contributed by atoms with Gasteiger partial charge in [0.05, 0.1) is 0 Å². The van der Waals surface area contributed by atoms with Crippen molar-refractivity contribution in [1.82, 2.24) is 14.8 Å². The molecule has 4 nitrogen and oxygen atoms in total. The zero-order chi connectivity index (χ0) is 18.4. The highest BCUT2D eigenvalue weighted by atomic mass is 32.2. The normalized spacial score (nSPS) is 16.5. The molecule has 5 rings (SSSR count). The first-order valence-corrected chi connectivity index (χ1v) is 9.47. The summed E-state index contributed by atoms with van der Waals surface area (Å²) in [6, 6.07) is 20.3. The van der Waals surface area contributed by atoms with Crippen LogP contribution in [0.15, 0.2) is 71.9 Å². The number of carbonyl (C=O) groups is 1. The van der Waals surface area contributed by atoms with Crippen LogP contribution >= 0.6 is 11.8 Å². The molecule has 0 N–H and O–H groups in total. The highest BCUT2D eigenvalue weighted by Crippen LogP contribution is 2.41. The smallest absolute Gasteiger partial charge is 0.250 e. The van der Waals surface area contributed by atoms with Crippen molar-refractivity contribution >= 4 is 28.4 Å². The predicted octanol–water partition coefficient (Wildman–Crippen LogP) is 5.11. The molecule has 0 bridgehead atoms. The summed E-state index contributed by atoms with van der Waals surface area (Å²) in [6.07, 6.45) is 0.307. The van der Waals surface area contributed by atoms with Crippen molar-refractivity contribution < 1.29 is 9.18 Å². The minimum absolute atomic E-state index is 0.0878. The Morgan fingerprint density at radius 3 is 2.63 bits per heavy atom. The Balaban J connectivity index is 1.56. The fourth-order valence-corrected chi connectivity index (χ4v) is 4.50. The van der Waals surface area contributed by atoms with Crippen LogP contribution in [0.3, 0.4) is 0 Å². The number of benzene rings is 3. The number of hydrogen-bond donors (Lipinski definition) is 0. The third-order valence-corrected chi connectivity index (χ3v) is 5.89. The second-order valence-corrected chi connectivity index (χ2v) is 7.58. The lowest BCUT2D eigenvalue weighted by molar-refractivity contribution is 0.0868. The van der Waals surface area contributed by atoms with Crippen molar-refractivity contribution in [3.05, 3.63) is 78.1 Å². The number of halogens is 1. The molecular formula is C21H14FN3OS. The Hall–Kier alpha value is -2.99. The predicted molar refractivity (Wildman–Crippen MR) is 103 cm³/mol. The first-order chi connectivity index (χ1) is 13.2. The molecule has 27 heavy (non-hydrogen) atoms. The fraction of sp³-hybridized carbons (Fsp3) is 0.0952. The molecular weight excluding hydrogens is 361 g/mol. The van der Waals surface area contributed by atoms with Crippen LogP contribution in [0.1, 0.15) is 22.0 Å². The van der Waals surface area contributed by atoms with Gasteiger partial charge in [-0.2, -0.15) is 4.68 Å². The topological polar surface area (TPSA) is 47.8 Å². The van der Waals surface area contributed by atoms with E-state index in [9.17, 15) is 9.18 Å². The van der Waals surface area contributed by atoms with E-state index in [1.165, 1.54) is 28.6 Å². The van der Waals surface area contributed by atoms with Crippen molar-refractivity contribution in [3.8, 4) is 11.4 Å². The molecule has 0 saturated heterocycles. The summed E-state index contributed by atoms with van der Waals surface area (Å²) >= 11 is 1.49. The maximum Gasteiger partial charge on any atom is 0.250 e. The highest BCUT2D eigenvalue weighted by Gasteiger charge is 2.30. The lowest BCUT2D eigenvalue weighted by atomic mass is 10.0. The van der Waals surface area contributed by atoms with E-state index >= 15 is 0 Å². The second kappa shape index (κ2) is 6.32. The maximum absolute atomic E-state index is 13.2. The number of rotatable bonds is 2. The third kappa shape index (κ3) is 2.82. The van der Waals surface area contributed by atoms with Crippen molar-refractivity contribution in [3.63, 3.8) is 0 Å². The van der Waals surface area contributed by atoms with Crippen molar-refractivity contribution in [1.29, 1.82) is 0 Å². The molecule has 0 fully saturated rings. The van der Waals surface area contributed by atoms with Gasteiger partial charge in [0.2, 0.25) is 0 Å². The first kappa shape index (κ1) is 16.2. The largest absolute Gasteiger partial charge is 0.272 e. The molecule has 0 spiro atoms. The zero-order valence-electron chi connectivity index (χ0n) is 14.2. The third-order valence-electron chi connectivity index (χ3n) is 4.69. The van der Waals surface area contributed by atoms with Gasteiger partial charge in [0.1, 0.15) is 5.82 Å². The summed E-state index contributed by atoms with van der Waals surface area (Å²) < 4.78 is 14.6. The molecule has 0 aliphatic carbocycles. The monoisotopic (exact) mass is 375 g/mol. The van der Waals surface area contributed by atoms with E-state index in [-0.39, 0.29) is 17.0 Å². The Morgan fingerprint density at radius 1 is 1.00 bits per heavy atom. The van der Waals surface area contributed by atoms with E-state index in [1.807, 2.05) is 42.5 Å². The second-order valence-electron chi connectivity index (χ2n) is 6.41. The molecule has 0 unspecified atom stereocenters. The van der Waals surface area contributed by atoms with E-state index in [4.69, 9.17) is 0 Å². The van der Waals surface area contributed by atoms with Crippen LogP contribution in [0.4, 0.5) is 4.39 Å². The Morgan fingerprint density at radius 2 is 1.78 bits per heavy atom. The maximum atomic E-state index is 13.2. The summed E-state index contributed by atoms with van der Waals surface area (Å²) in [5.41, 5.74) is 1.82. The van der Waals surface area contributed by atoms with E-state index in [1.54, 1.807) is 12.1 Å². The summed E-state index contributed by atoms with van der Waals surface area (Å²) in [7, 11) is 0. The van der Waals surface area contributed by atoms with Gasteiger partial charge in [-0.25, -0.2) is 9.37 Å². The Labute approximate surface area is 159 Å². The van der Waals surface area contributed by atoms with Crippen LogP contribution in [0, 0.1) is 5.82 Å². The SMILES string of the molecule is O=C1C[C@@H](c2ccc(F)cc2)Sc2nc(-c3cccc4ccccc34)nn21. The quantitative estimate of drug-likeness (QED) is 0.488. The zero-order valence-corrected chi connectivity index (χ0v) is 15.0. The van der Waals surface area contributed by atoms with Gasteiger partial charge in [-0.1, -0.05) is 66.4 Å². The highest BCUT2D eigenvalue weighted by molar-refractivity contribution is 7.99. The van der Waals surface area contributed by atoms with Gasteiger partial charge in [0.25, 0.3) is 5.91 Å². The van der Waals surface area contributed by atoms with Gasteiger partial charge in [-0.3, -0.25) is 4.79 Å². The van der Waals surface area contributed by atoms with E-state index in [0.29, 0.717) is 17.4 Å². The van der Waals surface area contributed by atoms with Gasteiger partial charge in [-0.15, -0.1) is 5.10 Å². The number of carbonyl (C=O) groups excluding carboxylic acids is 1. The van der Waals surface area contributed by atoms with E-state index < -0.39 is 0 Å². The molecule has 0 radical (unpaired) electrons. The number of hydrogen-bond acceptors (Lipinski definition) is 4. The van der Waals surface area contributed by atoms with Gasteiger partial charge < -0.3 is 0 Å². The van der Waals surface area contributed by atoms with Crippen LogP contribution in [0.2, 0.25) is 0 Å². The molecule has 1 aromatic heterocycles. The van der Waals surface area contributed by atoms with Crippen molar-refractivity contribution in [2.24, 2.45) is 0 Å². The van der Waals surface area contributed by atoms with Gasteiger partial charge in [-0.05, 0) is 28.5 Å².